The lowest BCUT2D eigenvalue weighted by Gasteiger charge is -2.49. The lowest BCUT2D eigenvalue weighted by atomic mass is 9.98. The Labute approximate surface area is 149 Å². The predicted octanol–water partition coefficient (Wildman–Crippen LogP) is 3.05. The summed E-state index contributed by atoms with van der Waals surface area (Å²) in [6, 6.07) is 8.27. The molecule has 0 aromatic heterocycles. The number of benzene rings is 1. The van der Waals surface area contributed by atoms with E-state index in [1.54, 1.807) is 18.2 Å². The van der Waals surface area contributed by atoms with Crippen LogP contribution in [0.1, 0.15) is 38.7 Å². The fourth-order valence-electron chi connectivity index (χ4n) is 3.67. The van der Waals surface area contributed by atoms with Gasteiger partial charge in [-0.25, -0.2) is 4.79 Å². The van der Waals surface area contributed by atoms with Crippen LogP contribution >= 0.6 is 0 Å². The molecule has 2 aliphatic heterocycles. The van der Waals surface area contributed by atoms with E-state index in [4.69, 9.17) is 4.74 Å². The SMILES string of the molecule is CCOc1ccc(NC(=O)N2CC(N3CCCC[C@H]3C)C2)cc1C#N. The third-order valence-corrected chi connectivity index (χ3v) is 5.12. The summed E-state index contributed by atoms with van der Waals surface area (Å²) in [5.41, 5.74) is 1.06. The van der Waals surface area contributed by atoms with Crippen LogP contribution in [-0.4, -0.2) is 54.2 Å². The Morgan fingerprint density at radius 1 is 1.40 bits per heavy atom. The second-order valence-electron chi connectivity index (χ2n) is 6.83. The summed E-state index contributed by atoms with van der Waals surface area (Å²) in [5, 5.41) is 12.1. The molecule has 2 saturated heterocycles. The van der Waals surface area contributed by atoms with E-state index in [1.807, 2.05) is 11.8 Å². The molecule has 0 aliphatic carbocycles. The Bertz CT molecular complexity index is 664. The first-order chi connectivity index (χ1) is 12.1. The van der Waals surface area contributed by atoms with Gasteiger partial charge in [-0.05, 0) is 51.4 Å². The second-order valence-corrected chi connectivity index (χ2v) is 6.83. The molecule has 0 saturated carbocycles. The number of hydrogen-bond donors (Lipinski definition) is 1. The quantitative estimate of drug-likeness (QED) is 0.913. The van der Waals surface area contributed by atoms with Crippen LogP contribution in [0.15, 0.2) is 18.2 Å². The summed E-state index contributed by atoms with van der Waals surface area (Å²) in [6.07, 6.45) is 3.83. The average Bonchev–Trinajstić information content (AvgIpc) is 2.57. The Morgan fingerprint density at radius 3 is 2.88 bits per heavy atom. The van der Waals surface area contributed by atoms with Crippen molar-refractivity contribution in [3.8, 4) is 11.8 Å². The molecule has 1 aromatic carbocycles. The van der Waals surface area contributed by atoms with Gasteiger partial charge in [0.1, 0.15) is 11.8 Å². The molecule has 25 heavy (non-hydrogen) atoms. The van der Waals surface area contributed by atoms with E-state index in [0.29, 0.717) is 35.7 Å². The summed E-state index contributed by atoms with van der Waals surface area (Å²) in [4.78, 5) is 16.8. The van der Waals surface area contributed by atoms with Crippen molar-refractivity contribution >= 4 is 11.7 Å². The molecule has 2 aliphatic rings. The van der Waals surface area contributed by atoms with Gasteiger partial charge in [-0.15, -0.1) is 0 Å². The molecule has 0 spiro atoms. The molecule has 0 unspecified atom stereocenters. The van der Waals surface area contributed by atoms with Crippen LogP contribution in [0.2, 0.25) is 0 Å². The van der Waals surface area contributed by atoms with Crippen molar-refractivity contribution in [3.63, 3.8) is 0 Å². The Morgan fingerprint density at radius 2 is 2.20 bits per heavy atom. The number of carbonyl (C=O) groups is 1. The van der Waals surface area contributed by atoms with Gasteiger partial charge < -0.3 is 15.0 Å². The summed E-state index contributed by atoms with van der Waals surface area (Å²) in [7, 11) is 0. The minimum atomic E-state index is -0.103. The zero-order valence-electron chi connectivity index (χ0n) is 15.0. The number of urea groups is 1. The van der Waals surface area contributed by atoms with Gasteiger partial charge in [0, 0.05) is 30.9 Å². The van der Waals surface area contributed by atoms with E-state index >= 15 is 0 Å². The molecule has 1 N–H and O–H groups in total. The van der Waals surface area contributed by atoms with Crippen molar-refractivity contribution in [1.82, 2.24) is 9.80 Å². The molecule has 1 atom stereocenters. The van der Waals surface area contributed by atoms with Gasteiger partial charge >= 0.3 is 6.03 Å². The normalized spacial score (nSPS) is 21.3. The Balaban J connectivity index is 1.54. The van der Waals surface area contributed by atoms with Crippen LogP contribution in [0, 0.1) is 11.3 Å². The largest absolute Gasteiger partial charge is 0.492 e. The molecule has 6 heteroatoms. The number of ether oxygens (including phenoxy) is 1. The maximum Gasteiger partial charge on any atom is 0.321 e. The van der Waals surface area contributed by atoms with Crippen LogP contribution in [0.5, 0.6) is 5.75 Å². The van der Waals surface area contributed by atoms with E-state index in [0.717, 1.165) is 19.6 Å². The van der Waals surface area contributed by atoms with Gasteiger partial charge in [-0.3, -0.25) is 4.90 Å². The number of nitriles is 1. The fourth-order valence-corrected chi connectivity index (χ4v) is 3.67. The molecule has 0 bridgehead atoms. The van der Waals surface area contributed by atoms with Crippen molar-refractivity contribution < 1.29 is 9.53 Å². The second kappa shape index (κ2) is 7.75. The third kappa shape index (κ3) is 3.88. The molecule has 0 radical (unpaired) electrons. The number of rotatable bonds is 4. The van der Waals surface area contributed by atoms with Crippen molar-refractivity contribution in [1.29, 1.82) is 5.26 Å². The molecule has 1 aromatic rings. The Hall–Kier alpha value is -2.26. The van der Waals surface area contributed by atoms with Crippen LogP contribution in [0.4, 0.5) is 10.5 Å². The predicted molar refractivity (Wildman–Crippen MR) is 96.7 cm³/mol. The van der Waals surface area contributed by atoms with Gasteiger partial charge in [-0.2, -0.15) is 5.26 Å². The standard InChI is InChI=1S/C19H26N4O2/c1-3-25-18-8-7-16(10-15(18)11-20)21-19(24)22-12-17(13-22)23-9-5-4-6-14(23)2/h7-8,10,14,17H,3-6,9,12-13H2,1-2H3,(H,21,24)/t14-/m1/s1. The minimum absolute atomic E-state index is 0.103. The zero-order chi connectivity index (χ0) is 17.8. The molecule has 3 rings (SSSR count). The highest BCUT2D eigenvalue weighted by atomic mass is 16.5. The number of anilines is 1. The average molecular weight is 342 g/mol. The lowest BCUT2D eigenvalue weighted by Crippen LogP contribution is -2.64. The van der Waals surface area contributed by atoms with E-state index in [1.165, 1.54) is 19.3 Å². The maximum atomic E-state index is 12.4. The van der Waals surface area contributed by atoms with E-state index < -0.39 is 0 Å². The van der Waals surface area contributed by atoms with Gasteiger partial charge in [0.2, 0.25) is 0 Å². The summed E-state index contributed by atoms with van der Waals surface area (Å²) in [5.74, 6) is 0.547. The fraction of sp³-hybridized carbons (Fsp3) is 0.579. The first-order valence-corrected chi connectivity index (χ1v) is 9.11. The van der Waals surface area contributed by atoms with Gasteiger partial charge in [0.15, 0.2) is 0 Å². The molecule has 2 heterocycles. The third-order valence-electron chi connectivity index (χ3n) is 5.12. The maximum absolute atomic E-state index is 12.4. The smallest absolute Gasteiger partial charge is 0.321 e. The van der Waals surface area contributed by atoms with Crippen LogP contribution in [0.25, 0.3) is 0 Å². The molecule has 2 amide bonds. The summed E-state index contributed by atoms with van der Waals surface area (Å²) < 4.78 is 5.41. The van der Waals surface area contributed by atoms with Crippen molar-refractivity contribution in [2.45, 2.75) is 45.2 Å². The van der Waals surface area contributed by atoms with E-state index in [-0.39, 0.29) is 6.03 Å². The lowest BCUT2D eigenvalue weighted by molar-refractivity contribution is 0.0199. The summed E-state index contributed by atoms with van der Waals surface area (Å²) >= 11 is 0. The van der Waals surface area contributed by atoms with Crippen molar-refractivity contribution in [2.75, 3.05) is 31.6 Å². The number of nitrogens with one attached hydrogen (secondary N) is 1. The van der Waals surface area contributed by atoms with E-state index in [9.17, 15) is 10.1 Å². The number of nitrogens with zero attached hydrogens (tertiary/aromatic N) is 3. The molecule has 6 nitrogen and oxygen atoms in total. The van der Waals surface area contributed by atoms with Gasteiger partial charge in [0.25, 0.3) is 0 Å². The highest BCUT2D eigenvalue weighted by Gasteiger charge is 2.37. The van der Waals surface area contributed by atoms with Gasteiger partial charge in [-0.1, -0.05) is 6.42 Å². The molecule has 134 valence electrons. The molecular weight excluding hydrogens is 316 g/mol. The van der Waals surface area contributed by atoms with Crippen molar-refractivity contribution in [2.24, 2.45) is 0 Å². The highest BCUT2D eigenvalue weighted by molar-refractivity contribution is 5.90. The highest BCUT2D eigenvalue weighted by Crippen LogP contribution is 2.26. The first-order valence-electron chi connectivity index (χ1n) is 9.11. The number of carbonyl (C=O) groups excluding carboxylic acids is 1. The van der Waals surface area contributed by atoms with Crippen LogP contribution < -0.4 is 10.1 Å². The molecular formula is C19H26N4O2. The van der Waals surface area contributed by atoms with Crippen LogP contribution in [-0.2, 0) is 0 Å². The topological polar surface area (TPSA) is 68.6 Å². The number of amides is 2. The molecule has 2 fully saturated rings. The zero-order valence-corrected chi connectivity index (χ0v) is 15.0. The first kappa shape index (κ1) is 17.6. The number of piperidine rings is 1. The minimum Gasteiger partial charge on any atom is -0.492 e. The Kier molecular flexibility index (Phi) is 5.44. The summed E-state index contributed by atoms with van der Waals surface area (Å²) in [6.45, 7) is 7.36. The van der Waals surface area contributed by atoms with Crippen molar-refractivity contribution in [3.05, 3.63) is 23.8 Å². The monoisotopic (exact) mass is 342 g/mol. The number of likely N-dealkylation sites (tertiary alicyclic amines) is 2. The van der Waals surface area contributed by atoms with E-state index in [2.05, 4.69) is 23.2 Å². The van der Waals surface area contributed by atoms with Crippen LogP contribution in [0.3, 0.4) is 0 Å². The van der Waals surface area contributed by atoms with Gasteiger partial charge in [0.05, 0.1) is 12.2 Å². The number of hydrogen-bond acceptors (Lipinski definition) is 4.